The third kappa shape index (κ3) is 4.37. The molecule has 3 aromatic heterocycles. The molecule has 3 aromatic rings. The first-order valence-electron chi connectivity index (χ1n) is 9.20. The molecule has 30 heavy (non-hydrogen) atoms. The molecule has 12 heteroatoms. The van der Waals surface area contributed by atoms with Crippen LogP contribution in [-0.2, 0) is 11.2 Å². The number of carboxylic acids is 1. The van der Waals surface area contributed by atoms with Crippen LogP contribution in [0.15, 0.2) is 15.3 Å². The molecule has 0 aromatic carbocycles. The van der Waals surface area contributed by atoms with Crippen LogP contribution in [0.25, 0.3) is 22.4 Å². The smallest absolute Gasteiger partial charge is 0.475 e. The van der Waals surface area contributed by atoms with Crippen molar-refractivity contribution in [2.24, 2.45) is 0 Å². The molecular weight excluding hydrogens is 407 g/mol. The summed E-state index contributed by atoms with van der Waals surface area (Å²) in [4.78, 5) is 36.3. The summed E-state index contributed by atoms with van der Waals surface area (Å²) in [5.41, 5.74) is 3.54. The molecule has 0 unspecified atom stereocenters. The second-order valence-corrected chi connectivity index (χ2v) is 6.64. The first kappa shape index (κ1) is 21.6. The Balaban J connectivity index is 0.000000318. The zero-order valence-corrected chi connectivity index (χ0v) is 16.3. The maximum atomic E-state index is 13.0. The highest BCUT2D eigenvalue weighted by molar-refractivity contribution is 5.84. The monoisotopic (exact) mass is 427 g/mol. The lowest BCUT2D eigenvalue weighted by molar-refractivity contribution is -0.192. The van der Waals surface area contributed by atoms with E-state index in [1.165, 1.54) is 0 Å². The molecule has 0 saturated carbocycles. The number of hydrogen-bond donors (Lipinski definition) is 3. The van der Waals surface area contributed by atoms with Crippen LogP contribution in [0.5, 0.6) is 0 Å². The number of piperazine rings is 1. The first-order chi connectivity index (χ1) is 14.1. The number of aromatic amines is 1. The normalized spacial score (nSPS) is 14.6. The van der Waals surface area contributed by atoms with E-state index in [2.05, 4.69) is 25.2 Å². The Labute approximate surface area is 167 Å². The fourth-order valence-electron chi connectivity index (χ4n) is 3.15. The van der Waals surface area contributed by atoms with Crippen molar-refractivity contribution in [2.45, 2.75) is 26.4 Å². The summed E-state index contributed by atoms with van der Waals surface area (Å²) in [5.74, 6) is -2.02. The number of H-pyrrole nitrogens is 1. The van der Waals surface area contributed by atoms with Crippen LogP contribution in [0.2, 0.25) is 0 Å². The van der Waals surface area contributed by atoms with Crippen molar-refractivity contribution in [1.29, 1.82) is 0 Å². The van der Waals surface area contributed by atoms with Crippen LogP contribution in [0.4, 0.5) is 18.9 Å². The van der Waals surface area contributed by atoms with E-state index in [1.54, 1.807) is 6.07 Å². The number of nitrogens with zero attached hydrogens (tertiary/aromatic N) is 3. The molecule has 1 saturated heterocycles. The molecule has 1 aliphatic heterocycles. The Bertz CT molecular complexity index is 1130. The summed E-state index contributed by atoms with van der Waals surface area (Å²) >= 11 is 0. The highest BCUT2D eigenvalue weighted by atomic mass is 19.4. The average Bonchev–Trinajstić information content (AvgIpc) is 3.05. The molecule has 4 heterocycles. The van der Waals surface area contributed by atoms with Crippen molar-refractivity contribution in [2.75, 3.05) is 31.1 Å². The lowest BCUT2D eigenvalue weighted by Crippen LogP contribution is -2.45. The van der Waals surface area contributed by atoms with Crippen molar-refractivity contribution in [3.63, 3.8) is 0 Å². The minimum atomic E-state index is -5.08. The van der Waals surface area contributed by atoms with Gasteiger partial charge in [0.25, 0.3) is 0 Å². The van der Waals surface area contributed by atoms with Crippen molar-refractivity contribution in [3.05, 3.63) is 27.7 Å². The van der Waals surface area contributed by atoms with Crippen molar-refractivity contribution in [3.8, 4) is 0 Å². The number of hydrogen-bond acceptors (Lipinski definition) is 7. The zero-order chi connectivity index (χ0) is 22.1. The molecule has 0 aliphatic carbocycles. The van der Waals surface area contributed by atoms with Gasteiger partial charge in [0.1, 0.15) is 17.0 Å². The van der Waals surface area contributed by atoms with Crippen LogP contribution >= 0.6 is 0 Å². The summed E-state index contributed by atoms with van der Waals surface area (Å²) in [6.45, 7) is 7.29. The first-order valence-corrected chi connectivity index (χ1v) is 9.20. The molecule has 0 bridgehead atoms. The number of aliphatic carboxylic acids is 1. The number of carbonyl (C=O) groups is 1. The number of pyridine rings is 1. The van der Waals surface area contributed by atoms with Crippen molar-refractivity contribution < 1.29 is 27.5 Å². The molecule has 4 rings (SSSR count). The van der Waals surface area contributed by atoms with Crippen LogP contribution < -0.4 is 15.6 Å². The van der Waals surface area contributed by atoms with Gasteiger partial charge in [-0.3, -0.25) is 4.79 Å². The van der Waals surface area contributed by atoms with Gasteiger partial charge >= 0.3 is 12.1 Å². The average molecular weight is 427 g/mol. The van der Waals surface area contributed by atoms with Crippen LogP contribution in [-0.4, -0.2) is 58.4 Å². The number of halogens is 3. The number of aryl methyl sites for hydroxylation is 2. The van der Waals surface area contributed by atoms with Gasteiger partial charge < -0.3 is 24.7 Å². The summed E-state index contributed by atoms with van der Waals surface area (Å²) in [6.07, 6.45) is -4.35. The third-order valence-corrected chi connectivity index (χ3v) is 4.50. The minimum absolute atomic E-state index is 0.0502. The number of fused-ring (bicyclic) bond motifs is 2. The second-order valence-electron chi connectivity index (χ2n) is 6.64. The molecule has 0 amide bonds. The third-order valence-electron chi connectivity index (χ3n) is 4.50. The zero-order valence-electron chi connectivity index (χ0n) is 16.3. The van der Waals surface area contributed by atoms with E-state index in [4.69, 9.17) is 14.3 Å². The molecule has 9 nitrogen and oxygen atoms in total. The van der Waals surface area contributed by atoms with E-state index in [1.807, 2.05) is 13.8 Å². The number of carboxylic acid groups (broad SMARTS) is 1. The van der Waals surface area contributed by atoms with E-state index in [9.17, 15) is 18.0 Å². The fourth-order valence-corrected chi connectivity index (χ4v) is 3.15. The summed E-state index contributed by atoms with van der Waals surface area (Å²) < 4.78 is 37.3. The molecule has 0 radical (unpaired) electrons. The Kier molecular flexibility index (Phi) is 5.97. The highest BCUT2D eigenvalue weighted by Crippen LogP contribution is 2.22. The lowest BCUT2D eigenvalue weighted by atomic mass is 10.2. The van der Waals surface area contributed by atoms with E-state index in [0.717, 1.165) is 49.7 Å². The Morgan fingerprint density at radius 1 is 1.30 bits per heavy atom. The number of alkyl halides is 3. The van der Waals surface area contributed by atoms with E-state index in [-0.39, 0.29) is 5.43 Å². The largest absolute Gasteiger partial charge is 0.490 e. The number of furan rings is 1. The second kappa shape index (κ2) is 8.30. The van der Waals surface area contributed by atoms with Gasteiger partial charge in [-0.05, 0) is 13.3 Å². The number of rotatable bonds is 2. The number of anilines is 1. The molecule has 0 atom stereocenters. The lowest BCUT2D eigenvalue weighted by Gasteiger charge is -2.30. The predicted octanol–water partition coefficient (Wildman–Crippen LogP) is 1.98. The maximum absolute atomic E-state index is 13.0. The Morgan fingerprint density at radius 3 is 2.50 bits per heavy atom. The highest BCUT2D eigenvalue weighted by Gasteiger charge is 2.38. The van der Waals surface area contributed by atoms with Gasteiger partial charge in [-0.1, -0.05) is 6.92 Å². The van der Waals surface area contributed by atoms with Gasteiger partial charge in [-0.15, -0.1) is 0 Å². The van der Waals surface area contributed by atoms with Crippen LogP contribution in [0.1, 0.15) is 18.4 Å². The van der Waals surface area contributed by atoms with E-state index < -0.39 is 12.1 Å². The van der Waals surface area contributed by atoms with Crippen molar-refractivity contribution in [1.82, 2.24) is 20.3 Å². The summed E-state index contributed by atoms with van der Waals surface area (Å²) in [7, 11) is 0. The van der Waals surface area contributed by atoms with Gasteiger partial charge in [0.2, 0.25) is 11.1 Å². The van der Waals surface area contributed by atoms with Crippen LogP contribution in [0, 0.1) is 6.92 Å². The summed E-state index contributed by atoms with van der Waals surface area (Å²) in [6, 6.07) is 1.80. The molecular formula is C18H20F3N5O4. The van der Waals surface area contributed by atoms with Crippen LogP contribution in [0.3, 0.4) is 0 Å². The van der Waals surface area contributed by atoms with Crippen molar-refractivity contribution >= 4 is 34.1 Å². The molecule has 3 N–H and O–H groups in total. The van der Waals surface area contributed by atoms with Gasteiger partial charge in [0.15, 0.2) is 11.2 Å². The molecule has 162 valence electrons. The van der Waals surface area contributed by atoms with Gasteiger partial charge in [-0.25, -0.2) is 9.78 Å². The van der Waals surface area contributed by atoms with Gasteiger partial charge in [0, 0.05) is 37.9 Å². The Morgan fingerprint density at radius 2 is 1.93 bits per heavy atom. The topological polar surface area (TPSA) is 124 Å². The molecule has 1 aliphatic rings. The number of aromatic nitrogens is 3. The standard InChI is InChI=1S/C16H19N5O2.C2HF3O2/c1-3-10-13(21-6-4-17-5-7-21)14(22)12-15(19-10)20-16-11(18-12)8-9(2)23-16;3-2(4,5)1(6)7/h8,17H,3-7H2,1-2H3,(H,19,20,22);(H,6,7). The Hall–Kier alpha value is -3.15. The fraction of sp³-hybridized carbons (Fsp3) is 0.444. The van der Waals surface area contributed by atoms with Gasteiger partial charge in [0.05, 0.1) is 0 Å². The SMILES string of the molecule is CCc1[nH]c2nc3oc(C)cc3nc2c(=O)c1N1CCNCC1.O=C(O)C(F)(F)F. The maximum Gasteiger partial charge on any atom is 0.490 e. The minimum Gasteiger partial charge on any atom is -0.475 e. The van der Waals surface area contributed by atoms with E-state index in [0.29, 0.717) is 22.4 Å². The molecule has 1 fully saturated rings. The van der Waals surface area contributed by atoms with Gasteiger partial charge in [-0.2, -0.15) is 18.2 Å². The number of nitrogens with one attached hydrogen (secondary N) is 2. The molecule has 0 spiro atoms. The predicted molar refractivity (Wildman–Crippen MR) is 103 cm³/mol. The quantitative estimate of drug-likeness (QED) is 0.567. The van der Waals surface area contributed by atoms with E-state index >= 15 is 0 Å². The summed E-state index contributed by atoms with van der Waals surface area (Å²) in [5, 5.41) is 10.4.